The van der Waals surface area contributed by atoms with Gasteiger partial charge in [-0.25, -0.2) is 9.98 Å². The van der Waals surface area contributed by atoms with Crippen LogP contribution in [0.1, 0.15) is 30.9 Å². The van der Waals surface area contributed by atoms with Gasteiger partial charge in [0.2, 0.25) is 0 Å². The fourth-order valence-electron chi connectivity index (χ4n) is 2.63. The SMILES string of the molecule is CCNC(=NCc1ccc(C)cc1OC)NCCCCNc1ccccn1. The molecule has 0 aliphatic rings. The van der Waals surface area contributed by atoms with E-state index in [-0.39, 0.29) is 0 Å². The van der Waals surface area contributed by atoms with Gasteiger partial charge in [0, 0.05) is 31.4 Å². The fraction of sp³-hybridized carbons (Fsp3) is 0.429. The van der Waals surface area contributed by atoms with Gasteiger partial charge in [-0.2, -0.15) is 0 Å². The highest BCUT2D eigenvalue weighted by molar-refractivity contribution is 5.79. The van der Waals surface area contributed by atoms with Crippen LogP contribution in [0.25, 0.3) is 0 Å². The Morgan fingerprint density at radius 3 is 2.70 bits per heavy atom. The fourth-order valence-corrected chi connectivity index (χ4v) is 2.63. The molecule has 0 atom stereocenters. The van der Waals surface area contributed by atoms with Crippen LogP contribution in [-0.2, 0) is 6.54 Å². The molecule has 1 heterocycles. The number of anilines is 1. The number of ether oxygens (including phenoxy) is 1. The van der Waals surface area contributed by atoms with E-state index in [0.717, 1.165) is 55.6 Å². The van der Waals surface area contributed by atoms with Crippen molar-refractivity contribution < 1.29 is 4.74 Å². The van der Waals surface area contributed by atoms with Gasteiger partial charge >= 0.3 is 0 Å². The van der Waals surface area contributed by atoms with Crippen LogP contribution in [0, 0.1) is 6.92 Å². The normalized spacial score (nSPS) is 11.1. The number of hydrogen-bond acceptors (Lipinski definition) is 4. The molecule has 0 saturated heterocycles. The van der Waals surface area contributed by atoms with Crippen molar-refractivity contribution in [3.63, 3.8) is 0 Å². The molecule has 2 rings (SSSR count). The van der Waals surface area contributed by atoms with Crippen molar-refractivity contribution in [1.82, 2.24) is 15.6 Å². The molecular formula is C21H31N5O. The number of benzene rings is 1. The highest BCUT2D eigenvalue weighted by Gasteiger charge is 2.03. The minimum absolute atomic E-state index is 0.583. The monoisotopic (exact) mass is 369 g/mol. The van der Waals surface area contributed by atoms with Gasteiger partial charge in [-0.15, -0.1) is 0 Å². The van der Waals surface area contributed by atoms with Crippen LogP contribution in [0.4, 0.5) is 5.82 Å². The quantitative estimate of drug-likeness (QED) is 0.340. The van der Waals surface area contributed by atoms with E-state index in [1.54, 1.807) is 13.3 Å². The summed E-state index contributed by atoms with van der Waals surface area (Å²) in [5.41, 5.74) is 2.27. The zero-order valence-electron chi connectivity index (χ0n) is 16.6. The molecule has 1 aromatic heterocycles. The standard InChI is InChI=1S/C21H31N5O/c1-4-22-21(26-16-18-11-10-17(2)15-19(18)27-3)25-14-8-7-13-24-20-9-5-6-12-23-20/h5-6,9-12,15H,4,7-8,13-14,16H2,1-3H3,(H,23,24)(H2,22,25,26). The minimum Gasteiger partial charge on any atom is -0.496 e. The highest BCUT2D eigenvalue weighted by atomic mass is 16.5. The molecule has 0 aliphatic carbocycles. The van der Waals surface area contributed by atoms with E-state index in [0.29, 0.717) is 6.54 Å². The summed E-state index contributed by atoms with van der Waals surface area (Å²) in [7, 11) is 1.70. The van der Waals surface area contributed by atoms with E-state index < -0.39 is 0 Å². The molecule has 27 heavy (non-hydrogen) atoms. The van der Waals surface area contributed by atoms with Crippen LogP contribution in [-0.4, -0.2) is 37.7 Å². The van der Waals surface area contributed by atoms with Crippen LogP contribution in [0.5, 0.6) is 5.75 Å². The Bertz CT molecular complexity index is 703. The van der Waals surface area contributed by atoms with Gasteiger partial charge in [0.1, 0.15) is 11.6 Å². The van der Waals surface area contributed by atoms with E-state index in [4.69, 9.17) is 4.74 Å². The Morgan fingerprint density at radius 1 is 1.11 bits per heavy atom. The Kier molecular flexibility index (Phi) is 8.96. The number of nitrogens with zero attached hydrogens (tertiary/aromatic N) is 2. The molecule has 6 heteroatoms. The molecule has 2 aromatic rings. The van der Waals surface area contributed by atoms with Crippen molar-refractivity contribution in [2.24, 2.45) is 4.99 Å². The summed E-state index contributed by atoms with van der Waals surface area (Å²) in [4.78, 5) is 8.93. The summed E-state index contributed by atoms with van der Waals surface area (Å²) in [6.45, 7) is 7.33. The molecule has 6 nitrogen and oxygen atoms in total. The van der Waals surface area contributed by atoms with Crippen molar-refractivity contribution in [1.29, 1.82) is 0 Å². The second-order valence-electron chi connectivity index (χ2n) is 6.29. The number of aliphatic imine (C=N–C) groups is 1. The third kappa shape index (κ3) is 7.56. The second kappa shape index (κ2) is 11.8. The highest BCUT2D eigenvalue weighted by Crippen LogP contribution is 2.20. The first-order valence-corrected chi connectivity index (χ1v) is 9.53. The van der Waals surface area contributed by atoms with Crippen molar-refractivity contribution in [3.05, 3.63) is 53.7 Å². The lowest BCUT2D eigenvalue weighted by molar-refractivity contribution is 0.409. The number of methoxy groups -OCH3 is 1. The number of nitrogens with one attached hydrogen (secondary N) is 3. The predicted molar refractivity (Wildman–Crippen MR) is 113 cm³/mol. The van der Waals surface area contributed by atoms with Gasteiger partial charge in [-0.1, -0.05) is 18.2 Å². The summed E-state index contributed by atoms with van der Waals surface area (Å²) >= 11 is 0. The molecular weight excluding hydrogens is 338 g/mol. The third-order valence-corrected chi connectivity index (χ3v) is 4.06. The van der Waals surface area contributed by atoms with Gasteiger partial charge < -0.3 is 20.7 Å². The van der Waals surface area contributed by atoms with E-state index in [2.05, 4.69) is 51.9 Å². The number of pyridine rings is 1. The Balaban J connectivity index is 1.75. The molecule has 0 saturated carbocycles. The first-order valence-electron chi connectivity index (χ1n) is 9.53. The number of hydrogen-bond donors (Lipinski definition) is 3. The third-order valence-electron chi connectivity index (χ3n) is 4.06. The van der Waals surface area contributed by atoms with E-state index in [1.165, 1.54) is 5.56 Å². The molecule has 146 valence electrons. The number of aromatic nitrogens is 1. The maximum Gasteiger partial charge on any atom is 0.191 e. The number of rotatable bonds is 10. The topological polar surface area (TPSA) is 70.6 Å². The van der Waals surface area contributed by atoms with Crippen molar-refractivity contribution in [2.75, 3.05) is 32.1 Å². The van der Waals surface area contributed by atoms with Crippen LogP contribution in [0.3, 0.4) is 0 Å². The molecule has 3 N–H and O–H groups in total. The molecule has 0 bridgehead atoms. The molecule has 0 fully saturated rings. The smallest absolute Gasteiger partial charge is 0.191 e. The Morgan fingerprint density at radius 2 is 1.96 bits per heavy atom. The lowest BCUT2D eigenvalue weighted by atomic mass is 10.1. The Labute approximate surface area is 162 Å². The molecule has 0 radical (unpaired) electrons. The zero-order chi connectivity index (χ0) is 19.3. The van der Waals surface area contributed by atoms with Gasteiger partial charge in [0.05, 0.1) is 13.7 Å². The summed E-state index contributed by atoms with van der Waals surface area (Å²) in [5, 5.41) is 10.0. The van der Waals surface area contributed by atoms with E-state index >= 15 is 0 Å². The Hall–Kier alpha value is -2.76. The van der Waals surface area contributed by atoms with Crippen molar-refractivity contribution >= 4 is 11.8 Å². The second-order valence-corrected chi connectivity index (χ2v) is 6.29. The summed E-state index contributed by atoms with van der Waals surface area (Å²) in [6.07, 6.45) is 3.92. The first-order chi connectivity index (χ1) is 13.2. The molecule has 0 spiro atoms. The lowest BCUT2D eigenvalue weighted by Crippen LogP contribution is -2.37. The van der Waals surface area contributed by atoms with Crippen LogP contribution < -0.4 is 20.7 Å². The largest absolute Gasteiger partial charge is 0.496 e. The first kappa shape index (κ1) is 20.6. The number of unbranched alkanes of at least 4 members (excludes halogenated alkanes) is 1. The average molecular weight is 370 g/mol. The van der Waals surface area contributed by atoms with Crippen LogP contribution in [0.2, 0.25) is 0 Å². The van der Waals surface area contributed by atoms with Crippen LogP contribution in [0.15, 0.2) is 47.6 Å². The zero-order valence-corrected chi connectivity index (χ0v) is 16.6. The van der Waals surface area contributed by atoms with Crippen molar-refractivity contribution in [3.8, 4) is 5.75 Å². The van der Waals surface area contributed by atoms with Gasteiger partial charge in [0.15, 0.2) is 5.96 Å². The molecule has 0 amide bonds. The molecule has 0 unspecified atom stereocenters. The average Bonchev–Trinajstić information content (AvgIpc) is 2.70. The van der Waals surface area contributed by atoms with E-state index in [1.807, 2.05) is 24.3 Å². The maximum absolute atomic E-state index is 5.46. The predicted octanol–water partition coefficient (Wildman–Crippen LogP) is 3.35. The van der Waals surface area contributed by atoms with Gasteiger partial charge in [-0.3, -0.25) is 0 Å². The van der Waals surface area contributed by atoms with E-state index in [9.17, 15) is 0 Å². The van der Waals surface area contributed by atoms with Crippen molar-refractivity contribution in [2.45, 2.75) is 33.2 Å². The minimum atomic E-state index is 0.583. The maximum atomic E-state index is 5.46. The molecule has 1 aromatic carbocycles. The lowest BCUT2D eigenvalue weighted by Gasteiger charge is -2.12. The van der Waals surface area contributed by atoms with Gasteiger partial charge in [0.25, 0.3) is 0 Å². The van der Waals surface area contributed by atoms with Gasteiger partial charge in [-0.05, 0) is 50.5 Å². The van der Waals surface area contributed by atoms with Crippen LogP contribution >= 0.6 is 0 Å². The summed E-state index contributed by atoms with van der Waals surface area (Å²) in [6, 6.07) is 12.1. The number of guanidine groups is 1. The summed E-state index contributed by atoms with van der Waals surface area (Å²) < 4.78 is 5.46. The number of aryl methyl sites for hydroxylation is 1. The molecule has 0 aliphatic heterocycles. The summed E-state index contributed by atoms with van der Waals surface area (Å²) in [5.74, 6) is 2.64.